The van der Waals surface area contributed by atoms with E-state index >= 15 is 0 Å². The number of ether oxygens (including phenoxy) is 1. The van der Waals surface area contributed by atoms with Crippen molar-refractivity contribution < 1.29 is 32.6 Å². The van der Waals surface area contributed by atoms with Gasteiger partial charge in [0.05, 0.1) is 12.9 Å². The molecule has 0 bridgehead atoms. The Labute approximate surface area is 93.4 Å². The summed E-state index contributed by atoms with van der Waals surface area (Å²) in [6.45, 7) is 2.14. The Balaban J connectivity index is 0.000000325. The second kappa shape index (κ2) is 6.51. The average molecular weight is 254 g/mol. The number of carboxylic acid groups (broad SMARTS) is 1. The van der Waals surface area contributed by atoms with E-state index in [4.69, 9.17) is 9.90 Å². The van der Waals surface area contributed by atoms with Gasteiger partial charge in [-0.3, -0.25) is 0 Å². The van der Waals surface area contributed by atoms with Gasteiger partial charge in [-0.15, -0.1) is 0 Å². The first kappa shape index (κ1) is 14.9. The van der Waals surface area contributed by atoms with Crippen LogP contribution in [0.25, 0.3) is 0 Å². The van der Waals surface area contributed by atoms with E-state index in [9.17, 15) is 18.0 Å². The number of esters is 1. The summed E-state index contributed by atoms with van der Waals surface area (Å²) < 4.78 is 36.4. The van der Waals surface area contributed by atoms with E-state index in [1.165, 1.54) is 12.5 Å². The number of nitrogens with one attached hydrogen (secondary N) is 1. The summed E-state index contributed by atoms with van der Waals surface area (Å²) in [5.74, 6) is -3.14. The molecule has 0 saturated carbocycles. The molecule has 0 aromatic carbocycles. The number of carbonyl (C=O) groups is 2. The molecule has 1 aromatic rings. The van der Waals surface area contributed by atoms with E-state index in [0.29, 0.717) is 12.3 Å². The Morgan fingerprint density at radius 1 is 1.53 bits per heavy atom. The summed E-state index contributed by atoms with van der Waals surface area (Å²) in [7, 11) is 0. The van der Waals surface area contributed by atoms with E-state index < -0.39 is 12.1 Å². The molecular formula is C8H9F3N2O4. The third-order valence-electron chi connectivity index (χ3n) is 1.23. The Kier molecular flexibility index (Phi) is 5.72. The predicted molar refractivity (Wildman–Crippen MR) is 48.2 cm³/mol. The van der Waals surface area contributed by atoms with Gasteiger partial charge in [0.1, 0.15) is 0 Å². The van der Waals surface area contributed by atoms with E-state index in [2.05, 4.69) is 14.7 Å². The van der Waals surface area contributed by atoms with Crippen LogP contribution in [0.5, 0.6) is 0 Å². The maximum atomic E-state index is 10.8. The fraction of sp³-hybridized carbons (Fsp3) is 0.375. The van der Waals surface area contributed by atoms with Gasteiger partial charge in [0.15, 0.2) is 5.69 Å². The lowest BCUT2D eigenvalue weighted by atomic mass is 10.5. The summed E-state index contributed by atoms with van der Waals surface area (Å²) in [6, 6.07) is 0. The van der Waals surface area contributed by atoms with Crippen LogP contribution in [-0.2, 0) is 9.53 Å². The molecule has 0 amide bonds. The van der Waals surface area contributed by atoms with Crippen molar-refractivity contribution in [3.8, 4) is 0 Å². The van der Waals surface area contributed by atoms with Crippen LogP contribution in [0.3, 0.4) is 0 Å². The highest BCUT2D eigenvalue weighted by Gasteiger charge is 2.38. The third-order valence-corrected chi connectivity index (χ3v) is 1.23. The van der Waals surface area contributed by atoms with Gasteiger partial charge in [-0.2, -0.15) is 13.2 Å². The number of imidazole rings is 1. The number of carbonyl (C=O) groups excluding carboxylic acids is 1. The van der Waals surface area contributed by atoms with Gasteiger partial charge in [0.25, 0.3) is 0 Å². The number of aliphatic carboxylic acids is 1. The SMILES string of the molecule is CCOC(=O)c1c[nH]cn1.O=C(O)C(F)(F)F. The molecule has 2 N–H and O–H groups in total. The van der Waals surface area contributed by atoms with Crippen molar-refractivity contribution in [1.29, 1.82) is 0 Å². The Morgan fingerprint density at radius 3 is 2.35 bits per heavy atom. The normalized spacial score (nSPS) is 10.1. The maximum absolute atomic E-state index is 10.8. The number of alkyl halides is 3. The van der Waals surface area contributed by atoms with Crippen molar-refractivity contribution in [2.75, 3.05) is 6.61 Å². The molecule has 0 spiro atoms. The van der Waals surface area contributed by atoms with Crippen LogP contribution in [0.1, 0.15) is 17.4 Å². The molecule has 1 heterocycles. The molecule has 0 saturated heterocycles. The van der Waals surface area contributed by atoms with Crippen molar-refractivity contribution in [3.63, 3.8) is 0 Å². The number of carboxylic acids is 1. The van der Waals surface area contributed by atoms with Crippen LogP contribution in [0.4, 0.5) is 13.2 Å². The number of nitrogens with zero attached hydrogens (tertiary/aromatic N) is 1. The van der Waals surface area contributed by atoms with Crippen LogP contribution in [0, 0.1) is 0 Å². The van der Waals surface area contributed by atoms with Gasteiger partial charge >= 0.3 is 18.1 Å². The molecule has 0 unspecified atom stereocenters. The van der Waals surface area contributed by atoms with Gasteiger partial charge in [0, 0.05) is 6.20 Å². The number of H-pyrrole nitrogens is 1. The van der Waals surface area contributed by atoms with Crippen molar-refractivity contribution in [1.82, 2.24) is 9.97 Å². The largest absolute Gasteiger partial charge is 0.490 e. The standard InChI is InChI=1S/C6H8N2O2.C2HF3O2/c1-2-10-6(9)5-3-7-4-8-5;3-2(4,5)1(6)7/h3-4H,2H2,1H3,(H,7,8);(H,6,7). The first-order chi connectivity index (χ1) is 7.79. The molecule has 0 aliphatic heterocycles. The van der Waals surface area contributed by atoms with Gasteiger partial charge in [0.2, 0.25) is 0 Å². The molecule has 9 heteroatoms. The van der Waals surface area contributed by atoms with Crippen molar-refractivity contribution >= 4 is 11.9 Å². The van der Waals surface area contributed by atoms with Crippen molar-refractivity contribution in [2.45, 2.75) is 13.1 Å². The number of rotatable bonds is 2. The summed E-state index contributed by atoms with van der Waals surface area (Å²) in [4.78, 5) is 26.1. The predicted octanol–water partition coefficient (Wildman–Crippen LogP) is 1.22. The summed E-state index contributed by atoms with van der Waals surface area (Å²) >= 11 is 0. The van der Waals surface area contributed by atoms with Gasteiger partial charge in [-0.05, 0) is 6.92 Å². The highest BCUT2D eigenvalue weighted by Crippen LogP contribution is 2.13. The first-order valence-corrected chi connectivity index (χ1v) is 4.25. The van der Waals surface area contributed by atoms with E-state index in [1.54, 1.807) is 6.92 Å². The van der Waals surface area contributed by atoms with E-state index in [1.807, 2.05) is 0 Å². The zero-order chi connectivity index (χ0) is 13.5. The quantitative estimate of drug-likeness (QED) is 0.774. The molecule has 17 heavy (non-hydrogen) atoms. The van der Waals surface area contributed by atoms with E-state index in [0.717, 1.165) is 0 Å². The number of halogens is 3. The number of hydrogen-bond acceptors (Lipinski definition) is 4. The highest BCUT2D eigenvalue weighted by molar-refractivity contribution is 5.86. The van der Waals surface area contributed by atoms with Crippen LogP contribution in [-0.4, -0.2) is 39.8 Å². The minimum Gasteiger partial charge on any atom is -0.475 e. The molecule has 0 aliphatic carbocycles. The van der Waals surface area contributed by atoms with Crippen LogP contribution < -0.4 is 0 Å². The zero-order valence-corrected chi connectivity index (χ0v) is 8.61. The summed E-state index contributed by atoms with van der Waals surface area (Å²) in [5.41, 5.74) is 0.321. The smallest absolute Gasteiger partial charge is 0.475 e. The molecule has 6 nitrogen and oxygen atoms in total. The molecule has 0 aliphatic rings. The fourth-order valence-electron chi connectivity index (χ4n) is 0.577. The summed E-state index contributed by atoms with van der Waals surface area (Å²) in [6.07, 6.45) is -2.15. The first-order valence-electron chi connectivity index (χ1n) is 4.25. The highest BCUT2D eigenvalue weighted by atomic mass is 19.4. The lowest BCUT2D eigenvalue weighted by molar-refractivity contribution is -0.192. The molecule has 1 rings (SSSR count). The molecule has 0 atom stereocenters. The average Bonchev–Trinajstić information content (AvgIpc) is 2.70. The minimum absolute atomic E-state index is 0.321. The second-order valence-corrected chi connectivity index (χ2v) is 2.48. The van der Waals surface area contributed by atoms with Crippen LogP contribution in [0.2, 0.25) is 0 Å². The van der Waals surface area contributed by atoms with Crippen LogP contribution >= 0.6 is 0 Å². The Bertz CT molecular complexity index is 361. The number of aromatic amines is 1. The van der Waals surface area contributed by atoms with Crippen LogP contribution in [0.15, 0.2) is 12.5 Å². The molecular weight excluding hydrogens is 245 g/mol. The maximum Gasteiger partial charge on any atom is 0.490 e. The molecule has 96 valence electrons. The van der Waals surface area contributed by atoms with Gasteiger partial charge in [-0.25, -0.2) is 14.6 Å². The Hall–Kier alpha value is -2.06. The zero-order valence-electron chi connectivity index (χ0n) is 8.61. The molecule has 1 aromatic heterocycles. The lowest BCUT2D eigenvalue weighted by Gasteiger charge is -1.94. The summed E-state index contributed by atoms with van der Waals surface area (Å²) in [5, 5.41) is 7.12. The van der Waals surface area contributed by atoms with E-state index in [-0.39, 0.29) is 5.97 Å². The van der Waals surface area contributed by atoms with Crippen molar-refractivity contribution in [2.24, 2.45) is 0 Å². The number of hydrogen-bond donors (Lipinski definition) is 2. The monoisotopic (exact) mass is 254 g/mol. The fourth-order valence-corrected chi connectivity index (χ4v) is 0.577. The lowest BCUT2D eigenvalue weighted by Crippen LogP contribution is -2.21. The third kappa shape index (κ3) is 6.17. The van der Waals surface area contributed by atoms with Gasteiger partial charge < -0.3 is 14.8 Å². The molecule has 0 radical (unpaired) electrons. The topological polar surface area (TPSA) is 92.3 Å². The second-order valence-electron chi connectivity index (χ2n) is 2.48. The van der Waals surface area contributed by atoms with Gasteiger partial charge in [-0.1, -0.05) is 0 Å². The Morgan fingerprint density at radius 2 is 2.06 bits per heavy atom. The van der Waals surface area contributed by atoms with Crippen molar-refractivity contribution in [3.05, 3.63) is 18.2 Å². The minimum atomic E-state index is -5.08. The number of aromatic nitrogens is 2. The molecule has 0 fully saturated rings.